The van der Waals surface area contributed by atoms with E-state index >= 15 is 0 Å². The van der Waals surface area contributed by atoms with Gasteiger partial charge in [-0.2, -0.15) is 0 Å². The van der Waals surface area contributed by atoms with Crippen molar-refractivity contribution in [2.45, 2.75) is 50.1 Å². The second kappa shape index (κ2) is 13.6. The van der Waals surface area contributed by atoms with Gasteiger partial charge in [-0.25, -0.2) is 0 Å². The number of hydrogen-bond acceptors (Lipinski definition) is 6. The minimum atomic E-state index is -1.02. The van der Waals surface area contributed by atoms with Crippen molar-refractivity contribution < 1.29 is 14.4 Å². The van der Waals surface area contributed by atoms with Gasteiger partial charge in [-0.3, -0.25) is 14.4 Å². The summed E-state index contributed by atoms with van der Waals surface area (Å²) in [6.45, 7) is 5.73. The third-order valence-corrected chi connectivity index (χ3v) is 9.46. The van der Waals surface area contributed by atoms with Crippen LogP contribution in [-0.4, -0.2) is 85.4 Å². The van der Waals surface area contributed by atoms with E-state index in [0.717, 1.165) is 67.6 Å². The molecule has 2 heterocycles. The largest absolute Gasteiger partial charge is 0.354 e. The van der Waals surface area contributed by atoms with Gasteiger partial charge in [0.15, 0.2) is 0 Å². The van der Waals surface area contributed by atoms with Gasteiger partial charge >= 0.3 is 0 Å². The molecule has 1 aliphatic carbocycles. The monoisotopic (exact) mass is 575 g/mol. The smallest absolute Gasteiger partial charge is 0.262 e. The fourth-order valence-electron chi connectivity index (χ4n) is 5.82. The molecule has 3 amide bonds. The van der Waals surface area contributed by atoms with E-state index in [1.165, 1.54) is 11.3 Å². The molecule has 2 aromatic carbocycles. The highest BCUT2D eigenvalue weighted by Crippen LogP contribution is 2.32. The van der Waals surface area contributed by atoms with Crippen molar-refractivity contribution in [2.24, 2.45) is 0 Å². The molecule has 0 radical (unpaired) electrons. The van der Waals surface area contributed by atoms with E-state index in [1.54, 1.807) is 0 Å². The minimum Gasteiger partial charge on any atom is -0.354 e. The van der Waals surface area contributed by atoms with Gasteiger partial charge in [0, 0.05) is 43.8 Å². The number of hydrogen-bond donors (Lipinski definition) is 3. The van der Waals surface area contributed by atoms with Crippen LogP contribution in [0.15, 0.2) is 60.7 Å². The van der Waals surface area contributed by atoms with Gasteiger partial charge in [-0.1, -0.05) is 61.4 Å². The number of carbonyl (C=O) groups is 3. The zero-order valence-corrected chi connectivity index (χ0v) is 24.7. The van der Waals surface area contributed by atoms with Crippen molar-refractivity contribution >= 4 is 39.1 Å². The molecule has 5 rings (SSSR count). The number of benzene rings is 2. The number of piperazine rings is 1. The molecular formula is C32H41N5O3S. The molecule has 218 valence electrons. The summed E-state index contributed by atoms with van der Waals surface area (Å²) in [5.41, 5.74) is -0.0515. The molecule has 2 aliphatic rings. The number of rotatable bonds is 11. The number of likely N-dealkylation sites (N-methyl/N-ethyl adjacent to an activating group) is 1. The molecule has 1 aromatic heterocycles. The lowest BCUT2D eigenvalue weighted by Gasteiger charge is -2.32. The van der Waals surface area contributed by atoms with E-state index in [9.17, 15) is 14.4 Å². The van der Waals surface area contributed by atoms with Gasteiger partial charge in [0.25, 0.3) is 5.91 Å². The Balaban J connectivity index is 1.23. The number of amides is 3. The van der Waals surface area contributed by atoms with Crippen molar-refractivity contribution in [1.82, 2.24) is 25.8 Å². The van der Waals surface area contributed by atoms with Gasteiger partial charge in [0.1, 0.15) is 11.6 Å². The molecule has 1 aliphatic heterocycles. The molecule has 8 nitrogen and oxygen atoms in total. The Bertz CT molecular complexity index is 1300. The van der Waals surface area contributed by atoms with Crippen molar-refractivity contribution in [3.8, 4) is 0 Å². The molecule has 0 bridgehead atoms. The highest BCUT2D eigenvalue weighted by Gasteiger charge is 2.44. The van der Waals surface area contributed by atoms with Crippen molar-refractivity contribution in [1.29, 1.82) is 0 Å². The van der Waals surface area contributed by atoms with Crippen LogP contribution < -0.4 is 16.0 Å². The van der Waals surface area contributed by atoms with Crippen LogP contribution in [0.5, 0.6) is 0 Å². The molecule has 3 aromatic rings. The molecule has 3 N–H and O–H groups in total. The summed E-state index contributed by atoms with van der Waals surface area (Å²) in [7, 11) is 2.14. The summed E-state index contributed by atoms with van der Waals surface area (Å²) in [4.78, 5) is 46.0. The standard InChI is InChI=1S/C32H41N5O3S/c1-36-18-20-37(21-19-36)17-9-16-33-29(38)26(22-24-10-3-2-4-11-24)34-31(40)32(14-7-8-15-32)35-30(39)28-23-25-12-5-6-13-27(25)41-28/h2-6,10-13,23,26H,7-9,14-22H2,1H3,(H,33,38)(H,34,40)(H,35,39)/t26-/m1/s1. The van der Waals surface area contributed by atoms with Gasteiger partial charge in [0.05, 0.1) is 4.88 Å². The summed E-state index contributed by atoms with van der Waals surface area (Å²) < 4.78 is 1.04. The molecule has 1 saturated carbocycles. The highest BCUT2D eigenvalue weighted by atomic mass is 32.1. The average Bonchev–Trinajstić information content (AvgIpc) is 3.64. The van der Waals surface area contributed by atoms with Crippen molar-refractivity contribution in [3.05, 3.63) is 71.1 Å². The first kappa shape index (κ1) is 29.2. The predicted octanol–water partition coefficient (Wildman–Crippen LogP) is 3.43. The third-order valence-electron chi connectivity index (χ3n) is 8.34. The maximum absolute atomic E-state index is 13.9. The SMILES string of the molecule is CN1CCN(CCCNC(=O)[C@@H](Cc2ccccc2)NC(=O)C2(NC(=O)c3cc4ccccc4s3)CCCC2)CC1. The zero-order valence-electron chi connectivity index (χ0n) is 23.9. The van der Waals surface area contributed by atoms with Crippen LogP contribution in [0, 0.1) is 0 Å². The van der Waals surface area contributed by atoms with Crippen LogP contribution in [0.2, 0.25) is 0 Å². The van der Waals surface area contributed by atoms with Gasteiger partial charge < -0.3 is 25.8 Å². The Morgan fingerprint density at radius 3 is 2.39 bits per heavy atom. The zero-order chi connectivity index (χ0) is 28.7. The van der Waals surface area contributed by atoms with Gasteiger partial charge in [0.2, 0.25) is 11.8 Å². The Hall–Kier alpha value is -3.27. The van der Waals surface area contributed by atoms with E-state index in [4.69, 9.17) is 0 Å². The van der Waals surface area contributed by atoms with E-state index in [0.29, 0.717) is 30.7 Å². The van der Waals surface area contributed by atoms with Crippen molar-refractivity contribution in [3.63, 3.8) is 0 Å². The molecule has 2 fully saturated rings. The van der Waals surface area contributed by atoms with E-state index in [2.05, 4.69) is 32.8 Å². The lowest BCUT2D eigenvalue weighted by atomic mass is 9.94. The maximum atomic E-state index is 13.9. The first-order valence-electron chi connectivity index (χ1n) is 14.8. The molecule has 9 heteroatoms. The molecule has 0 spiro atoms. The summed E-state index contributed by atoms with van der Waals surface area (Å²) in [5, 5.41) is 10.2. The summed E-state index contributed by atoms with van der Waals surface area (Å²) in [6, 6.07) is 18.8. The van der Waals surface area contributed by atoms with Gasteiger partial charge in [-0.15, -0.1) is 11.3 Å². The lowest BCUT2D eigenvalue weighted by molar-refractivity contribution is -0.132. The van der Waals surface area contributed by atoms with Gasteiger partial charge in [-0.05, 0) is 55.9 Å². The first-order chi connectivity index (χ1) is 19.9. The van der Waals surface area contributed by atoms with Crippen LogP contribution in [0.4, 0.5) is 0 Å². The number of thiophene rings is 1. The average molecular weight is 576 g/mol. The first-order valence-corrected chi connectivity index (χ1v) is 15.6. The van der Waals surface area contributed by atoms with Crippen LogP contribution in [0.1, 0.15) is 47.3 Å². The fraction of sp³-hybridized carbons (Fsp3) is 0.469. The molecule has 0 unspecified atom stereocenters. The maximum Gasteiger partial charge on any atom is 0.262 e. The Morgan fingerprint density at radius 2 is 1.66 bits per heavy atom. The third kappa shape index (κ3) is 7.52. The minimum absolute atomic E-state index is 0.190. The molecule has 1 saturated heterocycles. The van der Waals surface area contributed by atoms with Crippen LogP contribution in [0.25, 0.3) is 10.1 Å². The predicted molar refractivity (Wildman–Crippen MR) is 164 cm³/mol. The summed E-state index contributed by atoms with van der Waals surface area (Å²) >= 11 is 1.43. The topological polar surface area (TPSA) is 93.8 Å². The van der Waals surface area contributed by atoms with Crippen LogP contribution >= 0.6 is 11.3 Å². The number of carbonyl (C=O) groups excluding carboxylic acids is 3. The fourth-order valence-corrected chi connectivity index (χ4v) is 6.78. The van der Waals surface area contributed by atoms with E-state index in [-0.39, 0.29) is 17.7 Å². The second-order valence-corrected chi connectivity index (χ2v) is 12.5. The summed E-state index contributed by atoms with van der Waals surface area (Å²) in [6.07, 6.45) is 4.05. The van der Waals surface area contributed by atoms with Crippen LogP contribution in [-0.2, 0) is 16.0 Å². The number of fused-ring (bicyclic) bond motifs is 1. The molecular weight excluding hydrogens is 534 g/mol. The highest BCUT2D eigenvalue weighted by molar-refractivity contribution is 7.20. The van der Waals surface area contributed by atoms with E-state index in [1.807, 2.05) is 60.7 Å². The van der Waals surface area contributed by atoms with E-state index < -0.39 is 11.6 Å². The number of nitrogens with zero attached hydrogens (tertiary/aromatic N) is 2. The Labute approximate surface area is 246 Å². The molecule has 1 atom stereocenters. The van der Waals surface area contributed by atoms with Crippen LogP contribution in [0.3, 0.4) is 0 Å². The quantitative estimate of drug-likeness (QED) is 0.305. The normalized spacial score (nSPS) is 18.2. The summed E-state index contributed by atoms with van der Waals surface area (Å²) in [5.74, 6) is -0.709. The molecule has 41 heavy (non-hydrogen) atoms. The Kier molecular flexibility index (Phi) is 9.69. The second-order valence-electron chi connectivity index (χ2n) is 11.4. The number of nitrogens with one attached hydrogen (secondary N) is 3. The van der Waals surface area contributed by atoms with Crippen molar-refractivity contribution in [2.75, 3.05) is 46.3 Å². The lowest BCUT2D eigenvalue weighted by Crippen LogP contribution is -2.61. The Morgan fingerprint density at radius 1 is 0.951 bits per heavy atom.